The number of benzene rings is 2. The standard InChI is InChI=1S/C43H45ClF3N5O5/c1-56-40-25(20-48-19-23-9-13-27(53)17-23)11-15-33(50-40)32-8-4-7-31(38(32)44)29-6-3-5-28-24(10-14-30(28)29)18-34-39(43(45,46)47)49-35(41(51-34)57-2)22-52-21-26-12-16-36(52)37(26)42(54)55/h3-8,11,15,23-24,26,36-37,48H,9-10,12-14,16-22H2,1-2H3,(H,54,55)/t23-,24-,26+,36+,37-/m1/s1. The number of hydrogen-bond donors (Lipinski definition) is 2. The molecule has 300 valence electrons. The number of ether oxygens (including phenoxy) is 2. The summed E-state index contributed by atoms with van der Waals surface area (Å²) >= 11 is 7.16. The lowest BCUT2D eigenvalue weighted by Gasteiger charge is -2.27. The Labute approximate surface area is 334 Å². The molecule has 0 spiro atoms. The zero-order chi connectivity index (χ0) is 40.0. The third kappa shape index (κ3) is 7.73. The van der Waals surface area contributed by atoms with Gasteiger partial charge in [-0.15, -0.1) is 0 Å². The van der Waals surface area contributed by atoms with E-state index >= 15 is 0 Å². The number of rotatable bonds is 13. The number of carboxylic acid groups (broad SMARTS) is 1. The van der Waals surface area contributed by atoms with Crippen molar-refractivity contribution in [2.24, 2.45) is 17.8 Å². The van der Waals surface area contributed by atoms with Crippen molar-refractivity contribution in [2.45, 2.75) is 82.6 Å². The van der Waals surface area contributed by atoms with Crippen molar-refractivity contribution < 1.29 is 37.3 Å². The molecule has 3 fully saturated rings. The lowest BCUT2D eigenvalue weighted by atomic mass is 9.91. The largest absolute Gasteiger partial charge is 0.481 e. The van der Waals surface area contributed by atoms with E-state index in [4.69, 9.17) is 26.1 Å². The Kier molecular flexibility index (Phi) is 11.0. The molecule has 2 aromatic heterocycles. The summed E-state index contributed by atoms with van der Waals surface area (Å²) in [5.41, 5.74) is 4.79. The van der Waals surface area contributed by atoms with Crippen molar-refractivity contribution in [1.82, 2.24) is 25.2 Å². The molecule has 57 heavy (non-hydrogen) atoms. The predicted octanol–water partition coefficient (Wildman–Crippen LogP) is 7.92. The molecule has 2 saturated carbocycles. The van der Waals surface area contributed by atoms with Gasteiger partial charge < -0.3 is 19.9 Å². The van der Waals surface area contributed by atoms with Crippen LogP contribution in [0.15, 0.2) is 48.5 Å². The van der Waals surface area contributed by atoms with Gasteiger partial charge in [-0.3, -0.25) is 14.5 Å². The van der Waals surface area contributed by atoms with Crippen LogP contribution in [0.5, 0.6) is 11.8 Å². The van der Waals surface area contributed by atoms with E-state index in [1.165, 1.54) is 7.11 Å². The van der Waals surface area contributed by atoms with Gasteiger partial charge in [0.05, 0.1) is 36.5 Å². The fraction of sp³-hybridized carbons (Fsp3) is 0.465. The van der Waals surface area contributed by atoms with Crippen LogP contribution in [0.25, 0.3) is 22.4 Å². The first-order valence-corrected chi connectivity index (χ1v) is 20.0. The average molecular weight is 804 g/mol. The number of piperidine rings is 1. The van der Waals surface area contributed by atoms with E-state index in [9.17, 15) is 27.9 Å². The van der Waals surface area contributed by atoms with Crippen LogP contribution >= 0.6 is 11.6 Å². The maximum Gasteiger partial charge on any atom is 0.435 e. The van der Waals surface area contributed by atoms with E-state index in [1.54, 1.807) is 7.11 Å². The number of ketones is 1. The number of methoxy groups -OCH3 is 2. The summed E-state index contributed by atoms with van der Waals surface area (Å²) < 4.78 is 55.3. The number of carboxylic acids is 1. The maximum atomic E-state index is 14.7. The van der Waals surface area contributed by atoms with Crippen LogP contribution in [0.3, 0.4) is 0 Å². The van der Waals surface area contributed by atoms with Gasteiger partial charge in [0.25, 0.3) is 0 Å². The predicted molar refractivity (Wildman–Crippen MR) is 207 cm³/mol. The van der Waals surface area contributed by atoms with Gasteiger partial charge >= 0.3 is 12.1 Å². The SMILES string of the molecule is COc1nc(-c2cccc(-c3cccc4c3CC[C@@H]4Cc3nc(OC)c(CN4C[C@@H]5CC[C@H]4[C@@H]5C(=O)O)nc3C(F)(F)F)c2Cl)ccc1CNC[C@@H]1CCC(=O)C1. The number of aromatic nitrogens is 3. The topological polar surface area (TPSA) is 127 Å². The van der Waals surface area contributed by atoms with Gasteiger partial charge in [-0.1, -0.05) is 54.1 Å². The Hall–Kier alpha value is -4.59. The second kappa shape index (κ2) is 16.0. The molecule has 0 radical (unpaired) electrons. The number of carbonyl (C=O) groups excluding carboxylic acids is 1. The Bertz CT molecular complexity index is 2200. The van der Waals surface area contributed by atoms with Gasteiger partial charge in [0.2, 0.25) is 11.8 Å². The number of Topliss-reactive ketones (excluding diaryl/α,β-unsaturated/α-hetero) is 1. The number of pyridine rings is 1. The van der Waals surface area contributed by atoms with Crippen LogP contribution in [-0.4, -0.2) is 70.1 Å². The van der Waals surface area contributed by atoms with Crippen molar-refractivity contribution in [2.75, 3.05) is 27.3 Å². The summed E-state index contributed by atoms with van der Waals surface area (Å²) in [5.74, 6) is -0.498. The van der Waals surface area contributed by atoms with Crippen molar-refractivity contribution in [1.29, 1.82) is 0 Å². The maximum absolute atomic E-state index is 14.7. The van der Waals surface area contributed by atoms with Crippen LogP contribution < -0.4 is 14.8 Å². The Balaban J connectivity index is 1.03. The lowest BCUT2D eigenvalue weighted by Crippen LogP contribution is -2.35. The molecule has 2 bridgehead atoms. The monoisotopic (exact) mass is 803 g/mol. The molecule has 1 saturated heterocycles. The van der Waals surface area contributed by atoms with E-state index < -0.39 is 23.8 Å². The van der Waals surface area contributed by atoms with Crippen LogP contribution in [0, 0.1) is 17.8 Å². The molecule has 3 aliphatic carbocycles. The summed E-state index contributed by atoms with van der Waals surface area (Å²) in [7, 11) is 2.95. The number of nitrogens with one attached hydrogen (secondary N) is 1. The Morgan fingerprint density at radius 1 is 0.930 bits per heavy atom. The minimum atomic E-state index is -4.75. The number of fused-ring (bicyclic) bond motifs is 3. The molecule has 3 heterocycles. The molecule has 4 aliphatic rings. The van der Waals surface area contributed by atoms with E-state index in [0.29, 0.717) is 73.5 Å². The van der Waals surface area contributed by atoms with Crippen LogP contribution in [-0.2, 0) is 41.7 Å². The molecule has 0 unspecified atom stereocenters. The van der Waals surface area contributed by atoms with Crippen molar-refractivity contribution >= 4 is 23.4 Å². The molecule has 2 N–H and O–H groups in total. The van der Waals surface area contributed by atoms with Crippen LogP contribution in [0.1, 0.15) is 78.2 Å². The molecule has 10 nitrogen and oxygen atoms in total. The number of nitrogens with zero attached hydrogens (tertiary/aromatic N) is 4. The van der Waals surface area contributed by atoms with Gasteiger partial charge in [0, 0.05) is 55.2 Å². The first-order valence-electron chi connectivity index (χ1n) is 19.6. The smallest absolute Gasteiger partial charge is 0.435 e. The zero-order valence-corrected chi connectivity index (χ0v) is 32.6. The normalized spacial score (nSPS) is 23.0. The number of carbonyl (C=O) groups is 2. The van der Waals surface area contributed by atoms with Crippen molar-refractivity contribution in [3.63, 3.8) is 0 Å². The van der Waals surface area contributed by atoms with Gasteiger partial charge in [-0.05, 0) is 85.6 Å². The summed E-state index contributed by atoms with van der Waals surface area (Å²) in [6.07, 6.45) is 0.190. The Morgan fingerprint density at radius 2 is 1.70 bits per heavy atom. The summed E-state index contributed by atoms with van der Waals surface area (Å²) in [4.78, 5) is 38.9. The first-order chi connectivity index (χ1) is 27.4. The molecule has 1 aliphatic heterocycles. The molecule has 2 aromatic carbocycles. The van der Waals surface area contributed by atoms with Gasteiger partial charge in [0.15, 0.2) is 5.69 Å². The second-order valence-corrected chi connectivity index (χ2v) is 16.2. The lowest BCUT2D eigenvalue weighted by molar-refractivity contribution is -0.143. The first kappa shape index (κ1) is 39.2. The summed E-state index contributed by atoms with van der Waals surface area (Å²) in [6, 6.07) is 15.3. The molecule has 5 atom stereocenters. The van der Waals surface area contributed by atoms with E-state index in [0.717, 1.165) is 52.8 Å². The number of alkyl halides is 3. The van der Waals surface area contributed by atoms with Crippen LogP contribution in [0.2, 0.25) is 5.02 Å². The highest BCUT2D eigenvalue weighted by Gasteiger charge is 2.51. The fourth-order valence-corrected chi connectivity index (χ4v) is 10.1. The van der Waals surface area contributed by atoms with Crippen molar-refractivity contribution in [3.05, 3.63) is 87.3 Å². The number of aliphatic carboxylic acids is 1. The highest BCUT2D eigenvalue weighted by Crippen LogP contribution is 2.47. The number of likely N-dealkylation sites (tertiary alicyclic amines) is 1. The minimum absolute atomic E-state index is 0.0158. The van der Waals surface area contributed by atoms with Gasteiger partial charge in [0.1, 0.15) is 11.5 Å². The minimum Gasteiger partial charge on any atom is -0.481 e. The van der Waals surface area contributed by atoms with E-state index in [2.05, 4.69) is 15.3 Å². The van der Waals surface area contributed by atoms with Gasteiger partial charge in [-0.25, -0.2) is 15.0 Å². The van der Waals surface area contributed by atoms with Crippen LogP contribution in [0.4, 0.5) is 13.2 Å². The second-order valence-electron chi connectivity index (χ2n) is 15.8. The summed E-state index contributed by atoms with van der Waals surface area (Å²) in [6.45, 7) is 1.83. The van der Waals surface area contributed by atoms with E-state index in [1.807, 2.05) is 53.4 Å². The highest BCUT2D eigenvalue weighted by molar-refractivity contribution is 6.36. The zero-order valence-electron chi connectivity index (χ0n) is 31.9. The Morgan fingerprint density at radius 3 is 2.42 bits per heavy atom. The molecule has 4 aromatic rings. The third-order valence-electron chi connectivity index (χ3n) is 12.4. The van der Waals surface area contributed by atoms with Gasteiger partial charge in [-0.2, -0.15) is 13.2 Å². The quantitative estimate of drug-likeness (QED) is 0.138. The third-order valence-corrected chi connectivity index (χ3v) is 12.8. The average Bonchev–Trinajstić information content (AvgIpc) is 3.99. The molecule has 0 amide bonds. The number of halogens is 4. The number of hydrogen-bond acceptors (Lipinski definition) is 9. The molecular weight excluding hydrogens is 759 g/mol. The molecule has 14 heteroatoms. The van der Waals surface area contributed by atoms with Crippen molar-refractivity contribution in [3.8, 4) is 34.1 Å². The molecular formula is C43H45ClF3N5O5. The summed E-state index contributed by atoms with van der Waals surface area (Å²) in [5, 5.41) is 13.7. The molecule has 8 rings (SSSR count). The highest BCUT2D eigenvalue weighted by atomic mass is 35.5. The fourth-order valence-electron chi connectivity index (χ4n) is 9.76. The van der Waals surface area contributed by atoms with E-state index in [-0.39, 0.29) is 48.1 Å².